The highest BCUT2D eigenvalue weighted by atomic mass is 16.5. The Bertz CT molecular complexity index is 318. The predicted octanol–water partition coefficient (Wildman–Crippen LogP) is 2.29. The summed E-state index contributed by atoms with van der Waals surface area (Å²) in [7, 11) is 0. The first kappa shape index (κ1) is 10.7. The molecule has 0 amide bonds. The molecule has 1 aromatic carbocycles. The average molecular weight is 205 g/mol. The van der Waals surface area contributed by atoms with E-state index in [0.29, 0.717) is 5.92 Å². The van der Waals surface area contributed by atoms with E-state index in [1.807, 2.05) is 0 Å². The molecule has 2 atom stereocenters. The molecule has 0 saturated carbocycles. The lowest BCUT2D eigenvalue weighted by Gasteiger charge is -2.18. The second kappa shape index (κ2) is 4.77. The summed E-state index contributed by atoms with van der Waals surface area (Å²) < 4.78 is 5.38. The van der Waals surface area contributed by atoms with Crippen molar-refractivity contribution in [3.05, 3.63) is 35.4 Å². The maximum absolute atomic E-state index is 6.24. The van der Waals surface area contributed by atoms with Crippen LogP contribution in [0.2, 0.25) is 0 Å². The van der Waals surface area contributed by atoms with Gasteiger partial charge >= 0.3 is 0 Å². The van der Waals surface area contributed by atoms with Gasteiger partial charge in [0.2, 0.25) is 0 Å². The van der Waals surface area contributed by atoms with Crippen LogP contribution in [0.25, 0.3) is 0 Å². The van der Waals surface area contributed by atoms with Crippen LogP contribution in [0.5, 0.6) is 0 Å². The van der Waals surface area contributed by atoms with Crippen molar-refractivity contribution in [3.63, 3.8) is 0 Å². The predicted molar refractivity (Wildman–Crippen MR) is 61.7 cm³/mol. The first-order valence-corrected chi connectivity index (χ1v) is 5.73. The minimum atomic E-state index is 0.138. The van der Waals surface area contributed by atoms with Crippen molar-refractivity contribution >= 4 is 0 Å². The smallest absolute Gasteiger partial charge is 0.0513 e. The molecule has 15 heavy (non-hydrogen) atoms. The van der Waals surface area contributed by atoms with Crippen LogP contribution in [0, 0.1) is 5.92 Å². The Morgan fingerprint density at radius 2 is 2.40 bits per heavy atom. The van der Waals surface area contributed by atoms with Gasteiger partial charge in [0.15, 0.2) is 0 Å². The Kier molecular flexibility index (Phi) is 3.39. The van der Waals surface area contributed by atoms with Crippen LogP contribution in [-0.4, -0.2) is 13.2 Å². The number of nitrogens with two attached hydrogens (primary N) is 1. The molecule has 1 aromatic rings. The zero-order valence-electron chi connectivity index (χ0n) is 9.28. The van der Waals surface area contributed by atoms with E-state index in [-0.39, 0.29) is 6.04 Å². The molecule has 1 fully saturated rings. The van der Waals surface area contributed by atoms with Gasteiger partial charge in [-0.1, -0.05) is 31.2 Å². The summed E-state index contributed by atoms with van der Waals surface area (Å²) in [6.45, 7) is 3.85. The Morgan fingerprint density at radius 3 is 3.07 bits per heavy atom. The second-order valence-electron chi connectivity index (χ2n) is 4.25. The van der Waals surface area contributed by atoms with Crippen molar-refractivity contribution < 1.29 is 4.74 Å². The largest absolute Gasteiger partial charge is 0.381 e. The number of rotatable bonds is 3. The number of ether oxygens (including phenoxy) is 1. The van der Waals surface area contributed by atoms with Gasteiger partial charge in [-0.25, -0.2) is 0 Å². The van der Waals surface area contributed by atoms with Gasteiger partial charge in [0.1, 0.15) is 0 Å². The lowest BCUT2D eigenvalue weighted by atomic mass is 9.92. The topological polar surface area (TPSA) is 35.2 Å². The zero-order valence-corrected chi connectivity index (χ0v) is 9.28. The van der Waals surface area contributed by atoms with Gasteiger partial charge < -0.3 is 10.5 Å². The van der Waals surface area contributed by atoms with Crippen molar-refractivity contribution in [2.45, 2.75) is 25.8 Å². The molecule has 1 aliphatic heterocycles. The molecule has 1 aliphatic rings. The monoisotopic (exact) mass is 205 g/mol. The second-order valence-corrected chi connectivity index (χ2v) is 4.25. The molecule has 2 unspecified atom stereocenters. The third kappa shape index (κ3) is 2.39. The highest BCUT2D eigenvalue weighted by Gasteiger charge is 2.23. The molecule has 1 saturated heterocycles. The lowest BCUT2D eigenvalue weighted by molar-refractivity contribution is 0.181. The molecule has 0 aromatic heterocycles. The first-order valence-electron chi connectivity index (χ1n) is 5.73. The van der Waals surface area contributed by atoms with E-state index in [4.69, 9.17) is 10.5 Å². The number of aryl methyl sites for hydroxylation is 1. The quantitative estimate of drug-likeness (QED) is 0.821. The van der Waals surface area contributed by atoms with Crippen LogP contribution >= 0.6 is 0 Å². The molecular formula is C13H19NO. The third-order valence-electron chi connectivity index (χ3n) is 3.22. The minimum absolute atomic E-state index is 0.138. The standard InChI is InChI=1S/C13H19NO/c1-2-10-4-3-5-11(8-10)13(14)12-6-7-15-9-12/h3-5,8,12-13H,2,6-7,9,14H2,1H3. The number of hydrogen-bond acceptors (Lipinski definition) is 2. The summed E-state index contributed by atoms with van der Waals surface area (Å²) in [4.78, 5) is 0. The maximum atomic E-state index is 6.24. The average Bonchev–Trinajstić information content (AvgIpc) is 2.81. The molecule has 2 heteroatoms. The first-order chi connectivity index (χ1) is 7.31. The van der Waals surface area contributed by atoms with E-state index >= 15 is 0 Å². The SMILES string of the molecule is CCc1cccc(C(N)C2CCOC2)c1. The van der Waals surface area contributed by atoms with E-state index in [1.165, 1.54) is 11.1 Å². The summed E-state index contributed by atoms with van der Waals surface area (Å²) in [6.07, 6.45) is 2.17. The maximum Gasteiger partial charge on any atom is 0.0513 e. The van der Waals surface area contributed by atoms with Crippen LogP contribution in [0.15, 0.2) is 24.3 Å². The molecule has 2 rings (SSSR count). The van der Waals surface area contributed by atoms with E-state index in [0.717, 1.165) is 26.1 Å². The molecule has 82 valence electrons. The Labute approximate surface area is 91.4 Å². The van der Waals surface area contributed by atoms with Crippen LogP contribution in [0.4, 0.5) is 0 Å². The third-order valence-corrected chi connectivity index (χ3v) is 3.22. The van der Waals surface area contributed by atoms with E-state index in [1.54, 1.807) is 0 Å². The van der Waals surface area contributed by atoms with Gasteiger partial charge in [-0.05, 0) is 24.0 Å². The Morgan fingerprint density at radius 1 is 1.53 bits per heavy atom. The fraction of sp³-hybridized carbons (Fsp3) is 0.538. The van der Waals surface area contributed by atoms with Crippen LogP contribution < -0.4 is 5.73 Å². The normalized spacial score (nSPS) is 22.9. The van der Waals surface area contributed by atoms with Gasteiger partial charge in [0.05, 0.1) is 6.61 Å². The summed E-state index contributed by atoms with van der Waals surface area (Å²) >= 11 is 0. The molecule has 0 aliphatic carbocycles. The molecule has 2 nitrogen and oxygen atoms in total. The molecule has 0 spiro atoms. The van der Waals surface area contributed by atoms with Crippen molar-refractivity contribution in [1.82, 2.24) is 0 Å². The van der Waals surface area contributed by atoms with Crippen molar-refractivity contribution in [2.24, 2.45) is 11.7 Å². The van der Waals surface area contributed by atoms with Gasteiger partial charge in [0, 0.05) is 18.6 Å². The summed E-state index contributed by atoms with van der Waals surface area (Å²) in [5.74, 6) is 0.497. The fourth-order valence-corrected chi connectivity index (χ4v) is 2.13. The van der Waals surface area contributed by atoms with Crippen LogP contribution in [0.1, 0.15) is 30.5 Å². The minimum Gasteiger partial charge on any atom is -0.381 e. The van der Waals surface area contributed by atoms with Crippen LogP contribution in [0.3, 0.4) is 0 Å². The van der Waals surface area contributed by atoms with Gasteiger partial charge in [-0.2, -0.15) is 0 Å². The van der Waals surface area contributed by atoms with Crippen molar-refractivity contribution in [3.8, 4) is 0 Å². The van der Waals surface area contributed by atoms with E-state index in [2.05, 4.69) is 31.2 Å². The van der Waals surface area contributed by atoms with Crippen molar-refractivity contribution in [1.29, 1.82) is 0 Å². The lowest BCUT2D eigenvalue weighted by Crippen LogP contribution is -2.21. The molecule has 0 radical (unpaired) electrons. The van der Waals surface area contributed by atoms with Crippen LogP contribution in [-0.2, 0) is 11.2 Å². The van der Waals surface area contributed by atoms with E-state index in [9.17, 15) is 0 Å². The van der Waals surface area contributed by atoms with Crippen molar-refractivity contribution in [2.75, 3.05) is 13.2 Å². The van der Waals surface area contributed by atoms with Gasteiger partial charge in [-0.15, -0.1) is 0 Å². The highest BCUT2D eigenvalue weighted by Crippen LogP contribution is 2.27. The highest BCUT2D eigenvalue weighted by molar-refractivity contribution is 5.26. The molecule has 1 heterocycles. The number of benzene rings is 1. The Hall–Kier alpha value is -0.860. The molecule has 2 N–H and O–H groups in total. The Balaban J connectivity index is 2.13. The van der Waals surface area contributed by atoms with E-state index < -0.39 is 0 Å². The van der Waals surface area contributed by atoms with Gasteiger partial charge in [0.25, 0.3) is 0 Å². The molecular weight excluding hydrogens is 186 g/mol. The summed E-state index contributed by atoms with van der Waals surface area (Å²) in [5, 5.41) is 0. The fourth-order valence-electron chi connectivity index (χ4n) is 2.13. The summed E-state index contributed by atoms with van der Waals surface area (Å²) in [5.41, 5.74) is 8.86. The zero-order chi connectivity index (χ0) is 10.7. The van der Waals surface area contributed by atoms with Gasteiger partial charge in [-0.3, -0.25) is 0 Å². The number of hydrogen-bond donors (Lipinski definition) is 1. The summed E-state index contributed by atoms with van der Waals surface area (Å²) in [6, 6.07) is 8.75. The molecule has 0 bridgehead atoms.